The van der Waals surface area contributed by atoms with Crippen molar-refractivity contribution in [2.45, 2.75) is 64.6 Å². The number of Topliss-reactive ketones (excluding diaryl/α,β-unsaturated/α-hetero) is 1. The van der Waals surface area contributed by atoms with Gasteiger partial charge in [-0.15, -0.1) is 0 Å². The number of aliphatic hydroxyl groups is 1. The molecule has 0 aromatic rings. The zero-order valence-corrected chi connectivity index (χ0v) is 13.6. The first-order chi connectivity index (χ1) is 10.4. The fraction of sp³-hybridized carbons (Fsp3) is 0.842. The maximum absolute atomic E-state index is 14.1. The topological polar surface area (TPSA) is 37.3 Å². The number of hydrogen-bond acceptors (Lipinski definition) is 2. The molecule has 0 aromatic carbocycles. The third kappa shape index (κ3) is 1.72. The van der Waals surface area contributed by atoms with Crippen molar-refractivity contribution < 1.29 is 14.3 Å². The van der Waals surface area contributed by atoms with Crippen LogP contribution in [0.15, 0.2) is 12.2 Å². The van der Waals surface area contributed by atoms with Crippen LogP contribution in [-0.4, -0.2) is 23.2 Å². The first kappa shape index (κ1) is 14.9. The third-order valence-electron chi connectivity index (χ3n) is 7.84. The molecule has 0 bridgehead atoms. The van der Waals surface area contributed by atoms with Crippen molar-refractivity contribution >= 4 is 5.78 Å². The van der Waals surface area contributed by atoms with Crippen molar-refractivity contribution in [1.82, 2.24) is 0 Å². The SMILES string of the molecule is C[C@]12C=CCC[C@@H]1C[C@H](O)[C@@H]1[C@@H]2CC[C@]2(C)C(=O)[C@H](F)C[C@@H]12. The van der Waals surface area contributed by atoms with Crippen LogP contribution in [0.3, 0.4) is 0 Å². The Balaban J connectivity index is 1.74. The van der Waals surface area contributed by atoms with Gasteiger partial charge in [0.05, 0.1) is 6.10 Å². The fourth-order valence-electron chi connectivity index (χ4n) is 6.54. The van der Waals surface area contributed by atoms with Gasteiger partial charge in [0.2, 0.25) is 0 Å². The number of aliphatic hydroxyl groups excluding tert-OH is 1. The molecule has 122 valence electrons. The lowest BCUT2D eigenvalue weighted by Crippen LogP contribution is -2.56. The van der Waals surface area contributed by atoms with Crippen LogP contribution in [0.5, 0.6) is 0 Å². The fourth-order valence-corrected chi connectivity index (χ4v) is 6.54. The van der Waals surface area contributed by atoms with Crippen LogP contribution in [0.25, 0.3) is 0 Å². The molecule has 4 rings (SSSR count). The number of rotatable bonds is 0. The number of carbonyl (C=O) groups excluding carboxylic acids is 1. The van der Waals surface area contributed by atoms with Crippen LogP contribution in [0, 0.1) is 34.5 Å². The third-order valence-corrected chi connectivity index (χ3v) is 7.84. The summed E-state index contributed by atoms with van der Waals surface area (Å²) in [7, 11) is 0. The minimum Gasteiger partial charge on any atom is -0.393 e. The Morgan fingerprint density at radius 1 is 1.23 bits per heavy atom. The predicted molar refractivity (Wildman–Crippen MR) is 82.9 cm³/mol. The summed E-state index contributed by atoms with van der Waals surface area (Å²) < 4.78 is 14.1. The van der Waals surface area contributed by atoms with Gasteiger partial charge in [0, 0.05) is 5.41 Å². The Hall–Kier alpha value is -0.700. The van der Waals surface area contributed by atoms with Gasteiger partial charge in [-0.2, -0.15) is 0 Å². The molecule has 0 heterocycles. The summed E-state index contributed by atoms with van der Waals surface area (Å²) >= 11 is 0. The van der Waals surface area contributed by atoms with E-state index in [0.717, 1.165) is 32.1 Å². The Kier molecular flexibility index (Phi) is 3.15. The average Bonchev–Trinajstić information content (AvgIpc) is 2.71. The summed E-state index contributed by atoms with van der Waals surface area (Å²) in [5, 5.41) is 10.8. The van der Waals surface area contributed by atoms with Gasteiger partial charge in [-0.25, -0.2) is 4.39 Å². The van der Waals surface area contributed by atoms with E-state index in [1.165, 1.54) is 0 Å². The molecule has 8 atom stereocenters. The van der Waals surface area contributed by atoms with Gasteiger partial charge in [0.1, 0.15) is 0 Å². The molecular formula is C19H27FO2. The van der Waals surface area contributed by atoms with Gasteiger partial charge >= 0.3 is 0 Å². The van der Waals surface area contributed by atoms with Crippen LogP contribution < -0.4 is 0 Å². The minimum absolute atomic E-state index is 0.0249. The molecule has 0 radical (unpaired) electrons. The van der Waals surface area contributed by atoms with Crippen LogP contribution in [-0.2, 0) is 4.79 Å². The number of hydrogen-bond donors (Lipinski definition) is 1. The van der Waals surface area contributed by atoms with Crippen molar-refractivity contribution in [2.75, 3.05) is 0 Å². The number of allylic oxidation sites excluding steroid dienone is 2. The Labute approximate surface area is 132 Å². The first-order valence-corrected chi connectivity index (χ1v) is 8.92. The molecule has 3 heteroatoms. The zero-order valence-electron chi connectivity index (χ0n) is 13.6. The number of alkyl halides is 1. The molecule has 0 aliphatic heterocycles. The largest absolute Gasteiger partial charge is 0.393 e. The van der Waals surface area contributed by atoms with E-state index in [1.807, 2.05) is 6.92 Å². The number of halogens is 1. The van der Waals surface area contributed by atoms with Crippen LogP contribution in [0.1, 0.15) is 52.4 Å². The smallest absolute Gasteiger partial charge is 0.173 e. The molecule has 0 saturated heterocycles. The lowest BCUT2D eigenvalue weighted by molar-refractivity contribution is -0.149. The van der Waals surface area contributed by atoms with E-state index in [9.17, 15) is 14.3 Å². The second-order valence-electron chi connectivity index (χ2n) is 8.66. The second kappa shape index (κ2) is 4.66. The normalized spacial score (nSPS) is 57.2. The molecule has 22 heavy (non-hydrogen) atoms. The predicted octanol–water partition coefficient (Wildman–Crippen LogP) is 3.68. The molecule has 0 amide bonds. The van der Waals surface area contributed by atoms with Crippen LogP contribution in [0.2, 0.25) is 0 Å². The van der Waals surface area contributed by atoms with Crippen molar-refractivity contribution in [1.29, 1.82) is 0 Å². The maximum Gasteiger partial charge on any atom is 0.173 e. The van der Waals surface area contributed by atoms with Crippen molar-refractivity contribution in [3.8, 4) is 0 Å². The van der Waals surface area contributed by atoms with Crippen LogP contribution in [0.4, 0.5) is 4.39 Å². The van der Waals surface area contributed by atoms with E-state index in [0.29, 0.717) is 18.3 Å². The van der Waals surface area contributed by atoms with E-state index in [2.05, 4.69) is 19.1 Å². The van der Waals surface area contributed by atoms with Gasteiger partial charge < -0.3 is 5.11 Å². The van der Waals surface area contributed by atoms with E-state index in [1.54, 1.807) is 0 Å². The number of fused-ring (bicyclic) bond motifs is 5. The second-order valence-corrected chi connectivity index (χ2v) is 8.66. The summed E-state index contributed by atoms with van der Waals surface area (Å²) in [5.74, 6) is 0.851. The lowest BCUT2D eigenvalue weighted by Gasteiger charge is -2.59. The van der Waals surface area contributed by atoms with Crippen molar-refractivity contribution in [3.05, 3.63) is 12.2 Å². The molecule has 0 spiro atoms. The van der Waals surface area contributed by atoms with Crippen LogP contribution >= 0.6 is 0 Å². The van der Waals surface area contributed by atoms with Gasteiger partial charge in [-0.05, 0) is 67.6 Å². The monoisotopic (exact) mass is 306 g/mol. The van der Waals surface area contributed by atoms with Gasteiger partial charge in [-0.1, -0.05) is 26.0 Å². The summed E-state index contributed by atoms with van der Waals surface area (Å²) in [4.78, 5) is 12.3. The summed E-state index contributed by atoms with van der Waals surface area (Å²) in [6.07, 6.45) is 8.14. The zero-order chi connectivity index (χ0) is 15.7. The molecule has 2 nitrogen and oxygen atoms in total. The Bertz CT molecular complexity index is 530. The molecule has 4 aliphatic rings. The van der Waals surface area contributed by atoms with E-state index in [4.69, 9.17) is 0 Å². The van der Waals surface area contributed by atoms with Gasteiger partial charge in [0.15, 0.2) is 12.0 Å². The Morgan fingerprint density at radius 3 is 2.77 bits per heavy atom. The summed E-state index contributed by atoms with van der Waals surface area (Å²) in [5.41, 5.74) is -0.413. The summed E-state index contributed by atoms with van der Waals surface area (Å²) in [6.45, 7) is 4.29. The average molecular weight is 306 g/mol. The first-order valence-electron chi connectivity index (χ1n) is 8.92. The van der Waals surface area contributed by atoms with Gasteiger partial charge in [-0.3, -0.25) is 4.79 Å². The number of ketones is 1. The molecule has 0 aromatic heterocycles. The highest BCUT2D eigenvalue weighted by molar-refractivity contribution is 5.91. The highest BCUT2D eigenvalue weighted by atomic mass is 19.1. The number of carbonyl (C=O) groups is 1. The molecule has 0 unspecified atom stereocenters. The standard InChI is InChI=1S/C19H27FO2/c1-18-7-4-3-5-11(18)9-15(21)16-12(18)6-8-19(2)13(16)10-14(20)17(19)22/h4,7,11-16,21H,3,5-6,8-10H2,1-2H3/t11-,12+,13+,14-,15+,16-,18+,19+/m1/s1. The molecular weight excluding hydrogens is 279 g/mol. The van der Waals surface area contributed by atoms with Crippen molar-refractivity contribution in [3.63, 3.8) is 0 Å². The van der Waals surface area contributed by atoms with Crippen molar-refractivity contribution in [2.24, 2.45) is 34.5 Å². The lowest BCUT2D eigenvalue weighted by atomic mass is 9.46. The maximum atomic E-state index is 14.1. The quantitative estimate of drug-likeness (QED) is 0.693. The molecule has 1 N–H and O–H groups in total. The highest BCUT2D eigenvalue weighted by Gasteiger charge is 2.63. The van der Waals surface area contributed by atoms with E-state index in [-0.39, 0.29) is 29.1 Å². The molecule has 4 aliphatic carbocycles. The van der Waals surface area contributed by atoms with E-state index < -0.39 is 11.6 Å². The van der Waals surface area contributed by atoms with Gasteiger partial charge in [0.25, 0.3) is 0 Å². The molecule has 3 saturated carbocycles. The van der Waals surface area contributed by atoms with E-state index >= 15 is 0 Å². The highest BCUT2D eigenvalue weighted by Crippen LogP contribution is 2.64. The molecule has 3 fully saturated rings. The Morgan fingerprint density at radius 2 is 2.00 bits per heavy atom. The summed E-state index contributed by atoms with van der Waals surface area (Å²) in [6, 6.07) is 0. The minimum atomic E-state index is -1.31.